The molecule has 0 aromatic heterocycles. The number of likely N-dealkylation sites (tertiary alicyclic amines) is 1. The van der Waals surface area contributed by atoms with Crippen LogP contribution in [0.15, 0.2) is 12.1 Å². The molecular weight excluding hydrogens is 383 g/mol. The number of amides is 2. The molecule has 154 valence electrons. The SMILES string of the molecule is CC(C)(C)OC(=O)N1CC[C@H](F)[C@@H](NC(=O)c2cc([N+](=O)[O-])c(F)cc2F)C1. The Kier molecular flexibility index (Phi) is 6.15. The van der Waals surface area contributed by atoms with Crippen LogP contribution in [-0.4, -0.2) is 52.7 Å². The van der Waals surface area contributed by atoms with Crippen molar-refractivity contribution in [3.05, 3.63) is 39.4 Å². The van der Waals surface area contributed by atoms with Gasteiger partial charge in [-0.05, 0) is 27.2 Å². The quantitative estimate of drug-likeness (QED) is 0.618. The Morgan fingerprint density at radius 3 is 2.50 bits per heavy atom. The normalized spacial score (nSPS) is 19.9. The maximum atomic E-state index is 14.2. The molecule has 11 heteroatoms. The first-order chi connectivity index (χ1) is 12.9. The zero-order chi connectivity index (χ0) is 21.2. The van der Waals surface area contributed by atoms with E-state index in [-0.39, 0.29) is 25.6 Å². The maximum absolute atomic E-state index is 14.2. The molecule has 1 aliphatic rings. The van der Waals surface area contributed by atoms with Gasteiger partial charge in [-0.15, -0.1) is 0 Å². The van der Waals surface area contributed by atoms with Crippen molar-refractivity contribution in [3.63, 3.8) is 0 Å². The summed E-state index contributed by atoms with van der Waals surface area (Å²) in [6.07, 6.45) is -2.31. The highest BCUT2D eigenvalue weighted by molar-refractivity contribution is 5.95. The number of nitrogens with zero attached hydrogens (tertiary/aromatic N) is 2. The molecule has 1 aromatic rings. The van der Waals surface area contributed by atoms with Crippen LogP contribution in [0.3, 0.4) is 0 Å². The lowest BCUT2D eigenvalue weighted by atomic mass is 10.0. The van der Waals surface area contributed by atoms with E-state index < -0.39 is 57.6 Å². The van der Waals surface area contributed by atoms with Crippen molar-refractivity contribution < 1.29 is 32.4 Å². The molecule has 0 spiro atoms. The van der Waals surface area contributed by atoms with Crippen LogP contribution in [0.5, 0.6) is 0 Å². The van der Waals surface area contributed by atoms with Crippen LogP contribution in [0.4, 0.5) is 23.7 Å². The molecule has 2 rings (SSSR count). The zero-order valence-electron chi connectivity index (χ0n) is 15.5. The van der Waals surface area contributed by atoms with E-state index in [4.69, 9.17) is 4.74 Å². The topological polar surface area (TPSA) is 102 Å². The second-order valence-corrected chi connectivity index (χ2v) is 7.35. The number of hydrogen-bond acceptors (Lipinski definition) is 5. The highest BCUT2D eigenvalue weighted by atomic mass is 19.1. The van der Waals surface area contributed by atoms with Gasteiger partial charge in [-0.25, -0.2) is 13.6 Å². The van der Waals surface area contributed by atoms with Crippen LogP contribution in [0, 0.1) is 21.7 Å². The van der Waals surface area contributed by atoms with Gasteiger partial charge in [-0.3, -0.25) is 14.9 Å². The number of nitro groups is 1. The van der Waals surface area contributed by atoms with Crippen LogP contribution < -0.4 is 5.32 Å². The van der Waals surface area contributed by atoms with Crippen molar-refractivity contribution in [1.29, 1.82) is 0 Å². The van der Waals surface area contributed by atoms with Gasteiger partial charge in [0.1, 0.15) is 17.6 Å². The second-order valence-electron chi connectivity index (χ2n) is 7.35. The molecule has 1 saturated heterocycles. The molecule has 0 radical (unpaired) electrons. The first kappa shape index (κ1) is 21.5. The van der Waals surface area contributed by atoms with Gasteiger partial charge >= 0.3 is 11.8 Å². The number of alkyl halides is 1. The van der Waals surface area contributed by atoms with Crippen molar-refractivity contribution in [2.75, 3.05) is 13.1 Å². The zero-order valence-corrected chi connectivity index (χ0v) is 15.5. The summed E-state index contributed by atoms with van der Waals surface area (Å²) < 4.78 is 46.7. The fourth-order valence-electron chi connectivity index (χ4n) is 2.65. The number of carbonyl (C=O) groups excluding carboxylic acids is 2. The third kappa shape index (κ3) is 5.11. The Hall–Kier alpha value is -2.85. The summed E-state index contributed by atoms with van der Waals surface area (Å²) in [6, 6.07) is -0.521. The minimum atomic E-state index is -1.53. The van der Waals surface area contributed by atoms with Gasteiger partial charge in [0.25, 0.3) is 5.91 Å². The van der Waals surface area contributed by atoms with Gasteiger partial charge in [-0.1, -0.05) is 0 Å². The lowest BCUT2D eigenvalue weighted by molar-refractivity contribution is -0.387. The molecule has 0 aliphatic carbocycles. The summed E-state index contributed by atoms with van der Waals surface area (Å²) in [4.78, 5) is 35.3. The summed E-state index contributed by atoms with van der Waals surface area (Å²) in [5.41, 5.74) is -2.64. The highest BCUT2D eigenvalue weighted by Crippen LogP contribution is 2.23. The van der Waals surface area contributed by atoms with Crippen molar-refractivity contribution in [2.24, 2.45) is 0 Å². The molecule has 8 nitrogen and oxygen atoms in total. The molecule has 0 saturated carbocycles. The number of rotatable bonds is 3. The average molecular weight is 403 g/mol. The summed E-state index contributed by atoms with van der Waals surface area (Å²) in [5, 5.41) is 13.0. The Labute approximate surface area is 158 Å². The lowest BCUT2D eigenvalue weighted by Crippen LogP contribution is -2.55. The van der Waals surface area contributed by atoms with Gasteiger partial charge in [-0.2, -0.15) is 4.39 Å². The summed E-state index contributed by atoms with van der Waals surface area (Å²) in [5.74, 6) is -3.91. The number of hydrogen-bond donors (Lipinski definition) is 1. The van der Waals surface area contributed by atoms with Crippen molar-refractivity contribution in [3.8, 4) is 0 Å². The summed E-state index contributed by atoms with van der Waals surface area (Å²) >= 11 is 0. The number of nitro benzene ring substituents is 1. The molecule has 28 heavy (non-hydrogen) atoms. The molecule has 2 amide bonds. The standard InChI is InChI=1S/C17H20F3N3O5/c1-17(2,3)28-16(25)22-5-4-10(18)13(8-22)21-15(24)9-6-14(23(26)27)12(20)7-11(9)19/h6-7,10,13H,4-5,8H2,1-3H3,(H,21,24)/t10-,13-/m0/s1. The van der Waals surface area contributed by atoms with Gasteiger partial charge in [0, 0.05) is 25.2 Å². The second kappa shape index (κ2) is 8.03. The van der Waals surface area contributed by atoms with E-state index in [0.717, 1.165) is 0 Å². The van der Waals surface area contributed by atoms with E-state index in [1.165, 1.54) is 4.90 Å². The van der Waals surface area contributed by atoms with Crippen molar-refractivity contribution in [2.45, 2.75) is 45.0 Å². The molecular formula is C17H20F3N3O5. The largest absolute Gasteiger partial charge is 0.444 e. The van der Waals surface area contributed by atoms with Crippen molar-refractivity contribution >= 4 is 17.7 Å². The Bertz CT molecular complexity index is 797. The lowest BCUT2D eigenvalue weighted by Gasteiger charge is -2.36. The Morgan fingerprint density at radius 1 is 1.29 bits per heavy atom. The molecule has 1 aliphatic heterocycles. The molecule has 1 N–H and O–H groups in total. The molecule has 2 atom stereocenters. The third-order valence-electron chi connectivity index (χ3n) is 3.97. The predicted molar refractivity (Wildman–Crippen MR) is 91.6 cm³/mol. The fourth-order valence-corrected chi connectivity index (χ4v) is 2.65. The van der Waals surface area contributed by atoms with Gasteiger partial charge in [0.15, 0.2) is 0 Å². The minimum absolute atomic E-state index is 0.0683. The van der Waals surface area contributed by atoms with E-state index >= 15 is 0 Å². The van der Waals surface area contributed by atoms with Gasteiger partial charge in [0.2, 0.25) is 5.82 Å². The van der Waals surface area contributed by atoms with Crippen LogP contribution >= 0.6 is 0 Å². The predicted octanol–water partition coefficient (Wildman–Crippen LogP) is 2.95. The molecule has 1 heterocycles. The highest BCUT2D eigenvalue weighted by Gasteiger charge is 2.35. The van der Waals surface area contributed by atoms with Gasteiger partial charge < -0.3 is 15.0 Å². The number of piperidine rings is 1. The van der Waals surface area contributed by atoms with Crippen LogP contribution in [-0.2, 0) is 4.74 Å². The Morgan fingerprint density at radius 2 is 1.93 bits per heavy atom. The molecule has 0 unspecified atom stereocenters. The van der Waals surface area contributed by atoms with Crippen LogP contribution in [0.1, 0.15) is 37.6 Å². The van der Waals surface area contributed by atoms with Gasteiger partial charge in [0.05, 0.1) is 16.5 Å². The maximum Gasteiger partial charge on any atom is 0.410 e. The number of nitrogens with one attached hydrogen (secondary N) is 1. The summed E-state index contributed by atoms with van der Waals surface area (Å²) in [6.45, 7) is 4.83. The van der Waals surface area contributed by atoms with E-state index in [9.17, 15) is 32.9 Å². The molecule has 1 aromatic carbocycles. The first-order valence-electron chi connectivity index (χ1n) is 8.45. The minimum Gasteiger partial charge on any atom is -0.444 e. The average Bonchev–Trinajstić information content (AvgIpc) is 2.54. The summed E-state index contributed by atoms with van der Waals surface area (Å²) in [7, 11) is 0. The number of carbonyl (C=O) groups is 2. The van der Waals surface area contributed by atoms with E-state index in [2.05, 4.69) is 5.32 Å². The Balaban J connectivity index is 2.15. The van der Waals surface area contributed by atoms with Crippen LogP contribution in [0.2, 0.25) is 0 Å². The number of ether oxygens (including phenoxy) is 1. The van der Waals surface area contributed by atoms with E-state index in [0.29, 0.717) is 6.07 Å². The third-order valence-corrected chi connectivity index (χ3v) is 3.97. The molecule has 0 bridgehead atoms. The van der Waals surface area contributed by atoms with E-state index in [1.807, 2.05) is 0 Å². The molecule has 1 fully saturated rings. The smallest absolute Gasteiger partial charge is 0.410 e. The number of halogens is 3. The number of benzene rings is 1. The van der Waals surface area contributed by atoms with Crippen LogP contribution in [0.25, 0.3) is 0 Å². The van der Waals surface area contributed by atoms with E-state index in [1.54, 1.807) is 20.8 Å². The van der Waals surface area contributed by atoms with Crippen molar-refractivity contribution in [1.82, 2.24) is 10.2 Å². The first-order valence-corrected chi connectivity index (χ1v) is 8.45. The fraction of sp³-hybridized carbons (Fsp3) is 0.529. The monoisotopic (exact) mass is 403 g/mol.